The Morgan fingerprint density at radius 2 is 2.22 bits per heavy atom. The van der Waals surface area contributed by atoms with Crippen molar-refractivity contribution in [2.45, 2.75) is 25.5 Å². The molecule has 0 aliphatic carbocycles. The number of anilines is 1. The van der Waals surface area contributed by atoms with Crippen LogP contribution in [-0.2, 0) is 9.53 Å². The Kier molecular flexibility index (Phi) is 5.13. The summed E-state index contributed by atoms with van der Waals surface area (Å²) >= 11 is 0. The lowest BCUT2D eigenvalue weighted by molar-refractivity contribution is -0.129. The number of rotatable bonds is 4. The van der Waals surface area contributed by atoms with E-state index < -0.39 is 0 Å². The second-order valence-corrected chi connectivity index (χ2v) is 6.33. The van der Waals surface area contributed by atoms with Gasteiger partial charge in [0.25, 0.3) is 0 Å². The van der Waals surface area contributed by atoms with Gasteiger partial charge in [0.2, 0.25) is 5.91 Å². The molecule has 6 heteroatoms. The highest BCUT2D eigenvalue weighted by Gasteiger charge is 2.29. The maximum Gasteiger partial charge on any atom is 0.239 e. The third kappa shape index (κ3) is 4.00. The van der Waals surface area contributed by atoms with Crippen LogP contribution in [0.5, 0.6) is 0 Å². The summed E-state index contributed by atoms with van der Waals surface area (Å²) in [6.45, 7) is 5.78. The zero-order chi connectivity index (χ0) is 16.2. The SMILES string of the molecule is C[C@H]1OCCN[C@@H]1C(=O)NCC1CCN(c2ccc(F)cc2)C1. The average molecular weight is 321 g/mol. The highest BCUT2D eigenvalue weighted by atomic mass is 19.1. The van der Waals surface area contributed by atoms with E-state index in [0.717, 1.165) is 25.2 Å². The molecule has 0 aromatic heterocycles. The van der Waals surface area contributed by atoms with Crippen LogP contribution in [-0.4, -0.2) is 50.8 Å². The minimum Gasteiger partial charge on any atom is -0.375 e. The Labute approximate surface area is 136 Å². The first-order valence-electron chi connectivity index (χ1n) is 8.26. The quantitative estimate of drug-likeness (QED) is 0.873. The van der Waals surface area contributed by atoms with E-state index in [1.165, 1.54) is 12.1 Å². The number of carbonyl (C=O) groups is 1. The maximum absolute atomic E-state index is 13.0. The molecule has 1 unspecified atom stereocenters. The summed E-state index contributed by atoms with van der Waals surface area (Å²) < 4.78 is 18.5. The van der Waals surface area contributed by atoms with E-state index in [0.29, 0.717) is 25.6 Å². The third-order valence-corrected chi connectivity index (χ3v) is 4.64. The first-order valence-corrected chi connectivity index (χ1v) is 8.26. The minimum atomic E-state index is -0.265. The molecule has 2 aliphatic rings. The van der Waals surface area contributed by atoms with Crippen LogP contribution in [0.2, 0.25) is 0 Å². The molecule has 0 radical (unpaired) electrons. The lowest BCUT2D eigenvalue weighted by Gasteiger charge is -2.29. The Hall–Kier alpha value is -1.66. The first kappa shape index (κ1) is 16.2. The summed E-state index contributed by atoms with van der Waals surface area (Å²) in [7, 11) is 0. The van der Waals surface area contributed by atoms with Crippen molar-refractivity contribution in [3.8, 4) is 0 Å². The Bertz CT molecular complexity index is 537. The predicted molar refractivity (Wildman–Crippen MR) is 86.9 cm³/mol. The number of morpholine rings is 1. The molecular formula is C17H24FN3O2. The molecule has 23 heavy (non-hydrogen) atoms. The van der Waals surface area contributed by atoms with Crippen LogP contribution in [0.4, 0.5) is 10.1 Å². The van der Waals surface area contributed by atoms with E-state index >= 15 is 0 Å². The predicted octanol–water partition coefficient (Wildman–Crippen LogP) is 1.15. The van der Waals surface area contributed by atoms with Crippen molar-refractivity contribution in [2.24, 2.45) is 5.92 Å². The lowest BCUT2D eigenvalue weighted by Crippen LogP contribution is -2.56. The van der Waals surface area contributed by atoms with Crippen molar-refractivity contribution in [1.82, 2.24) is 10.6 Å². The van der Waals surface area contributed by atoms with Gasteiger partial charge in [-0.3, -0.25) is 4.79 Å². The van der Waals surface area contributed by atoms with E-state index in [9.17, 15) is 9.18 Å². The summed E-state index contributed by atoms with van der Waals surface area (Å²) in [6.07, 6.45) is 0.935. The van der Waals surface area contributed by atoms with E-state index in [1.807, 2.05) is 6.92 Å². The fraction of sp³-hybridized carbons (Fsp3) is 0.588. The number of carbonyl (C=O) groups excluding carboxylic acids is 1. The topological polar surface area (TPSA) is 53.6 Å². The number of hydrogen-bond donors (Lipinski definition) is 2. The third-order valence-electron chi connectivity index (χ3n) is 4.64. The molecule has 0 spiro atoms. The first-order chi connectivity index (χ1) is 11.1. The lowest BCUT2D eigenvalue weighted by atomic mass is 10.1. The normalized spacial score (nSPS) is 27.9. The number of hydrogen-bond acceptors (Lipinski definition) is 4. The molecule has 2 N–H and O–H groups in total. The zero-order valence-corrected chi connectivity index (χ0v) is 13.4. The monoisotopic (exact) mass is 321 g/mol. The van der Waals surface area contributed by atoms with Crippen LogP contribution in [0.1, 0.15) is 13.3 Å². The van der Waals surface area contributed by atoms with Crippen molar-refractivity contribution < 1.29 is 13.9 Å². The fourth-order valence-corrected chi connectivity index (χ4v) is 3.27. The van der Waals surface area contributed by atoms with Crippen LogP contribution in [0.25, 0.3) is 0 Å². The second-order valence-electron chi connectivity index (χ2n) is 6.33. The summed E-state index contributed by atoms with van der Waals surface area (Å²) in [5, 5.41) is 6.24. The molecule has 1 aromatic rings. The Balaban J connectivity index is 1.46. The molecule has 0 bridgehead atoms. The summed E-state index contributed by atoms with van der Waals surface area (Å²) in [5.74, 6) is 0.217. The van der Waals surface area contributed by atoms with Crippen LogP contribution in [0.15, 0.2) is 24.3 Å². The molecule has 2 fully saturated rings. The van der Waals surface area contributed by atoms with Crippen LogP contribution >= 0.6 is 0 Å². The molecule has 5 nitrogen and oxygen atoms in total. The van der Waals surface area contributed by atoms with Gasteiger partial charge in [0.1, 0.15) is 11.9 Å². The standard InChI is InChI=1S/C17H24FN3O2/c1-12-16(19-7-9-23-12)17(22)20-10-13-6-8-21(11-13)15-4-2-14(18)3-5-15/h2-5,12-13,16,19H,6-11H2,1H3,(H,20,22)/t12-,13?,16+/m1/s1. The molecule has 126 valence electrons. The van der Waals surface area contributed by atoms with Gasteiger partial charge in [-0.1, -0.05) is 0 Å². The Morgan fingerprint density at radius 1 is 1.43 bits per heavy atom. The molecule has 0 saturated carbocycles. The molecule has 2 aliphatic heterocycles. The molecule has 3 atom stereocenters. The van der Waals surface area contributed by atoms with Crippen molar-refractivity contribution in [1.29, 1.82) is 0 Å². The van der Waals surface area contributed by atoms with Crippen LogP contribution in [0, 0.1) is 11.7 Å². The number of amides is 1. The molecule has 2 heterocycles. The van der Waals surface area contributed by atoms with Gasteiger partial charge in [0.15, 0.2) is 0 Å². The van der Waals surface area contributed by atoms with E-state index in [4.69, 9.17) is 4.74 Å². The number of benzene rings is 1. The highest BCUT2D eigenvalue weighted by Crippen LogP contribution is 2.23. The van der Waals surface area contributed by atoms with Gasteiger partial charge < -0.3 is 20.3 Å². The molecule has 3 rings (SSSR count). The van der Waals surface area contributed by atoms with Gasteiger partial charge >= 0.3 is 0 Å². The van der Waals surface area contributed by atoms with Gasteiger partial charge in [-0.05, 0) is 43.5 Å². The number of halogens is 1. The maximum atomic E-state index is 13.0. The number of nitrogens with one attached hydrogen (secondary N) is 2. The van der Waals surface area contributed by atoms with Crippen molar-refractivity contribution in [3.63, 3.8) is 0 Å². The van der Waals surface area contributed by atoms with Gasteiger partial charge in [-0.2, -0.15) is 0 Å². The number of ether oxygens (including phenoxy) is 1. The zero-order valence-electron chi connectivity index (χ0n) is 13.4. The van der Waals surface area contributed by atoms with Crippen molar-refractivity contribution in [2.75, 3.05) is 37.7 Å². The second kappa shape index (κ2) is 7.27. The smallest absolute Gasteiger partial charge is 0.239 e. The minimum absolute atomic E-state index is 0.0115. The Morgan fingerprint density at radius 3 is 2.96 bits per heavy atom. The molecule has 2 saturated heterocycles. The highest BCUT2D eigenvalue weighted by molar-refractivity contribution is 5.82. The van der Waals surface area contributed by atoms with Gasteiger partial charge in [-0.15, -0.1) is 0 Å². The van der Waals surface area contributed by atoms with E-state index in [1.54, 1.807) is 12.1 Å². The largest absolute Gasteiger partial charge is 0.375 e. The summed E-state index contributed by atoms with van der Waals surface area (Å²) in [6, 6.07) is 6.32. The number of nitrogens with zero attached hydrogens (tertiary/aromatic N) is 1. The molecule has 1 aromatic carbocycles. The summed E-state index contributed by atoms with van der Waals surface area (Å²) in [4.78, 5) is 14.5. The average Bonchev–Trinajstić information content (AvgIpc) is 3.03. The van der Waals surface area contributed by atoms with Gasteiger partial charge in [0.05, 0.1) is 12.7 Å². The summed E-state index contributed by atoms with van der Waals surface area (Å²) in [5.41, 5.74) is 1.04. The van der Waals surface area contributed by atoms with E-state index in [2.05, 4.69) is 15.5 Å². The fourth-order valence-electron chi connectivity index (χ4n) is 3.27. The van der Waals surface area contributed by atoms with Gasteiger partial charge in [0, 0.05) is 31.9 Å². The van der Waals surface area contributed by atoms with Crippen molar-refractivity contribution >= 4 is 11.6 Å². The van der Waals surface area contributed by atoms with Crippen molar-refractivity contribution in [3.05, 3.63) is 30.1 Å². The molecule has 1 amide bonds. The van der Waals surface area contributed by atoms with E-state index in [-0.39, 0.29) is 23.9 Å². The van der Waals surface area contributed by atoms with Crippen LogP contribution in [0.3, 0.4) is 0 Å². The van der Waals surface area contributed by atoms with Gasteiger partial charge in [-0.25, -0.2) is 4.39 Å². The molecular weight excluding hydrogens is 297 g/mol. The van der Waals surface area contributed by atoms with Crippen LogP contribution < -0.4 is 15.5 Å².